The highest BCUT2D eigenvalue weighted by atomic mass is 32.2. The minimum Gasteiger partial charge on any atom is -0.324 e. The molecule has 1 aromatic rings. The molecule has 1 aliphatic heterocycles. The van der Waals surface area contributed by atoms with Crippen LogP contribution < -0.4 is 5.32 Å². The van der Waals surface area contributed by atoms with Crippen molar-refractivity contribution in [2.45, 2.75) is 43.5 Å². The van der Waals surface area contributed by atoms with E-state index < -0.39 is 30.3 Å². The van der Waals surface area contributed by atoms with Crippen molar-refractivity contribution in [2.24, 2.45) is 5.92 Å². The van der Waals surface area contributed by atoms with Crippen molar-refractivity contribution in [3.63, 3.8) is 0 Å². The number of benzene rings is 1. The Labute approximate surface area is 162 Å². The van der Waals surface area contributed by atoms with E-state index in [-0.39, 0.29) is 12.0 Å². The van der Waals surface area contributed by atoms with Crippen molar-refractivity contribution in [1.29, 1.82) is 0 Å². The molecular formula is C19H23N3O4S. The maximum Gasteiger partial charge on any atom is 0.334 e. The SMILES string of the molecule is CSc1ccccc1NC(=O)CN1C(=O)C(=O)N([C@H]2CCCC[C@H]2C)C1=O. The first-order chi connectivity index (χ1) is 12.9. The number of imide groups is 2. The van der Waals surface area contributed by atoms with Gasteiger partial charge in [0, 0.05) is 10.9 Å². The Hall–Kier alpha value is -2.35. The second-order valence-corrected chi connectivity index (χ2v) is 7.77. The van der Waals surface area contributed by atoms with Crippen LogP contribution in [0.2, 0.25) is 0 Å². The largest absolute Gasteiger partial charge is 0.334 e. The molecule has 7 nitrogen and oxygen atoms in total. The molecule has 1 saturated carbocycles. The van der Waals surface area contributed by atoms with Gasteiger partial charge in [0.05, 0.1) is 5.69 Å². The summed E-state index contributed by atoms with van der Waals surface area (Å²) >= 11 is 1.48. The predicted molar refractivity (Wildman–Crippen MR) is 102 cm³/mol. The fourth-order valence-corrected chi connectivity index (χ4v) is 4.27. The normalized spacial score (nSPS) is 23.1. The summed E-state index contributed by atoms with van der Waals surface area (Å²) < 4.78 is 0. The lowest BCUT2D eigenvalue weighted by atomic mass is 9.85. The lowest BCUT2D eigenvalue weighted by molar-refractivity contribution is -0.145. The van der Waals surface area contributed by atoms with Crippen molar-refractivity contribution in [2.75, 3.05) is 18.1 Å². The zero-order valence-corrected chi connectivity index (χ0v) is 16.3. The molecule has 2 aliphatic rings. The summed E-state index contributed by atoms with van der Waals surface area (Å²) in [5, 5.41) is 2.71. The van der Waals surface area contributed by atoms with E-state index in [2.05, 4.69) is 5.32 Å². The summed E-state index contributed by atoms with van der Waals surface area (Å²) in [5.41, 5.74) is 0.609. The molecule has 1 N–H and O–H groups in total. The van der Waals surface area contributed by atoms with Crippen LogP contribution in [0, 0.1) is 5.92 Å². The summed E-state index contributed by atoms with van der Waals surface area (Å²) in [7, 11) is 0. The number of nitrogens with one attached hydrogen (secondary N) is 1. The molecule has 0 spiro atoms. The molecule has 3 rings (SSSR count). The van der Waals surface area contributed by atoms with E-state index >= 15 is 0 Å². The first kappa shape index (κ1) is 19.4. The number of anilines is 1. The summed E-state index contributed by atoms with van der Waals surface area (Å²) in [6, 6.07) is 6.31. The molecule has 2 atom stereocenters. The molecular weight excluding hydrogens is 366 g/mol. The van der Waals surface area contributed by atoms with Gasteiger partial charge in [-0.2, -0.15) is 0 Å². The number of rotatable bonds is 5. The van der Waals surface area contributed by atoms with E-state index in [1.54, 1.807) is 12.1 Å². The van der Waals surface area contributed by atoms with Gasteiger partial charge in [-0.3, -0.25) is 19.3 Å². The molecule has 1 aromatic carbocycles. The number of carbonyl (C=O) groups excluding carboxylic acids is 4. The van der Waals surface area contributed by atoms with Crippen molar-refractivity contribution in [3.8, 4) is 0 Å². The number of hydrogen-bond donors (Lipinski definition) is 1. The molecule has 1 saturated heterocycles. The van der Waals surface area contributed by atoms with Crippen LogP contribution in [-0.4, -0.2) is 52.4 Å². The maximum absolute atomic E-state index is 12.7. The van der Waals surface area contributed by atoms with E-state index in [4.69, 9.17) is 0 Å². The predicted octanol–water partition coefficient (Wildman–Crippen LogP) is 2.72. The van der Waals surface area contributed by atoms with Gasteiger partial charge in [0.15, 0.2) is 0 Å². The lowest BCUT2D eigenvalue weighted by Gasteiger charge is -2.34. The first-order valence-electron chi connectivity index (χ1n) is 9.06. The van der Waals surface area contributed by atoms with Crippen molar-refractivity contribution < 1.29 is 19.2 Å². The van der Waals surface area contributed by atoms with Gasteiger partial charge >= 0.3 is 17.8 Å². The van der Waals surface area contributed by atoms with Gasteiger partial charge in [-0.15, -0.1) is 11.8 Å². The molecule has 1 aliphatic carbocycles. The highest BCUT2D eigenvalue weighted by Crippen LogP contribution is 2.31. The van der Waals surface area contributed by atoms with Crippen LogP contribution in [0.5, 0.6) is 0 Å². The molecule has 1 heterocycles. The monoisotopic (exact) mass is 389 g/mol. The number of amides is 5. The molecule has 27 heavy (non-hydrogen) atoms. The van der Waals surface area contributed by atoms with Crippen molar-refractivity contribution in [3.05, 3.63) is 24.3 Å². The van der Waals surface area contributed by atoms with E-state index in [0.717, 1.165) is 34.0 Å². The summed E-state index contributed by atoms with van der Waals surface area (Å²) in [4.78, 5) is 52.5. The number of nitrogens with zero attached hydrogens (tertiary/aromatic N) is 2. The van der Waals surface area contributed by atoms with E-state index in [1.807, 2.05) is 25.3 Å². The first-order valence-corrected chi connectivity index (χ1v) is 10.3. The second kappa shape index (κ2) is 8.12. The van der Waals surface area contributed by atoms with Crippen LogP contribution in [0.1, 0.15) is 32.6 Å². The van der Waals surface area contributed by atoms with Gasteiger partial charge in [-0.05, 0) is 37.1 Å². The highest BCUT2D eigenvalue weighted by molar-refractivity contribution is 7.98. The average molecular weight is 389 g/mol. The standard InChI is InChI=1S/C19H23N3O4S/c1-12-7-3-5-9-14(12)22-18(25)17(24)21(19(22)26)11-16(23)20-13-8-4-6-10-15(13)27-2/h4,6,8,10,12,14H,3,5,7,9,11H2,1-2H3,(H,20,23)/t12-,14+/m1/s1. The lowest BCUT2D eigenvalue weighted by Crippen LogP contribution is -2.46. The van der Waals surface area contributed by atoms with Crippen LogP contribution in [0.15, 0.2) is 29.2 Å². The van der Waals surface area contributed by atoms with E-state index in [9.17, 15) is 19.2 Å². The molecule has 8 heteroatoms. The third kappa shape index (κ3) is 3.85. The Bertz CT molecular complexity index is 782. The Morgan fingerprint density at radius 3 is 2.56 bits per heavy atom. The molecule has 0 radical (unpaired) electrons. The van der Waals surface area contributed by atoms with Crippen LogP contribution in [0.25, 0.3) is 0 Å². The highest BCUT2D eigenvalue weighted by Gasteiger charge is 2.49. The summed E-state index contributed by atoms with van der Waals surface area (Å²) in [6.07, 6.45) is 5.49. The zero-order chi connectivity index (χ0) is 19.6. The average Bonchev–Trinajstić information content (AvgIpc) is 2.86. The number of carbonyl (C=O) groups is 4. The van der Waals surface area contributed by atoms with Crippen LogP contribution in [-0.2, 0) is 14.4 Å². The molecule has 144 valence electrons. The fraction of sp³-hybridized carbons (Fsp3) is 0.474. The molecule has 0 bridgehead atoms. The summed E-state index contributed by atoms with van der Waals surface area (Å²) in [5.74, 6) is -2.10. The number of thioether (sulfide) groups is 1. The molecule has 2 fully saturated rings. The van der Waals surface area contributed by atoms with Gasteiger partial charge in [0.2, 0.25) is 5.91 Å². The number of urea groups is 1. The Morgan fingerprint density at radius 1 is 1.15 bits per heavy atom. The quantitative estimate of drug-likeness (QED) is 0.475. The van der Waals surface area contributed by atoms with Crippen molar-refractivity contribution >= 4 is 41.2 Å². The Kier molecular flexibility index (Phi) is 5.84. The second-order valence-electron chi connectivity index (χ2n) is 6.93. The number of hydrogen-bond acceptors (Lipinski definition) is 5. The van der Waals surface area contributed by atoms with Gasteiger partial charge in [0.25, 0.3) is 0 Å². The van der Waals surface area contributed by atoms with Crippen molar-refractivity contribution in [1.82, 2.24) is 9.80 Å². The Balaban J connectivity index is 1.71. The van der Waals surface area contributed by atoms with E-state index in [0.29, 0.717) is 12.1 Å². The van der Waals surface area contributed by atoms with Crippen LogP contribution in [0.3, 0.4) is 0 Å². The summed E-state index contributed by atoms with van der Waals surface area (Å²) in [6.45, 7) is 1.52. The Morgan fingerprint density at radius 2 is 1.85 bits per heavy atom. The third-order valence-electron chi connectivity index (χ3n) is 5.16. The molecule has 5 amide bonds. The smallest absolute Gasteiger partial charge is 0.324 e. The fourth-order valence-electron chi connectivity index (χ4n) is 3.72. The third-order valence-corrected chi connectivity index (χ3v) is 5.96. The van der Waals surface area contributed by atoms with Crippen LogP contribution in [0.4, 0.5) is 10.5 Å². The maximum atomic E-state index is 12.7. The molecule has 0 aromatic heterocycles. The minimum absolute atomic E-state index is 0.154. The minimum atomic E-state index is -0.925. The zero-order valence-electron chi connectivity index (χ0n) is 15.4. The van der Waals surface area contributed by atoms with Gasteiger partial charge in [0.1, 0.15) is 6.54 Å². The van der Waals surface area contributed by atoms with Gasteiger partial charge < -0.3 is 5.32 Å². The molecule has 0 unspecified atom stereocenters. The number of para-hydroxylation sites is 1. The topological polar surface area (TPSA) is 86.8 Å². The van der Waals surface area contributed by atoms with Crippen LogP contribution >= 0.6 is 11.8 Å². The van der Waals surface area contributed by atoms with Gasteiger partial charge in [-0.25, -0.2) is 9.69 Å². The van der Waals surface area contributed by atoms with Gasteiger partial charge in [-0.1, -0.05) is 31.9 Å². The van der Waals surface area contributed by atoms with E-state index in [1.165, 1.54) is 11.8 Å².